The number of nitro groups is 1. The third-order valence-electron chi connectivity index (χ3n) is 2.88. The largest absolute Gasteiger partial charge is 0.448 e. The first kappa shape index (κ1) is 14.6. The zero-order valence-corrected chi connectivity index (χ0v) is 11.7. The molecule has 1 aromatic carbocycles. The molecule has 0 saturated heterocycles. The molecule has 0 radical (unpaired) electrons. The van der Waals surface area contributed by atoms with E-state index in [0.29, 0.717) is 17.9 Å². The fourth-order valence-electron chi connectivity index (χ4n) is 1.77. The van der Waals surface area contributed by atoms with Gasteiger partial charge >= 0.3 is 5.69 Å². The minimum atomic E-state index is -0.503. The van der Waals surface area contributed by atoms with Crippen LogP contribution in [0.15, 0.2) is 36.5 Å². The average molecular weight is 286 g/mol. The molecular formula is C15H14N2O4. The summed E-state index contributed by atoms with van der Waals surface area (Å²) in [5.41, 5.74) is 1.08. The van der Waals surface area contributed by atoms with E-state index in [9.17, 15) is 14.9 Å². The Morgan fingerprint density at radius 3 is 2.67 bits per heavy atom. The van der Waals surface area contributed by atoms with Crippen LogP contribution in [-0.4, -0.2) is 15.7 Å². The van der Waals surface area contributed by atoms with Crippen LogP contribution in [-0.2, 0) is 0 Å². The maximum Gasteiger partial charge on any atom is 0.311 e. The minimum absolute atomic E-state index is 0.0666. The fourth-order valence-corrected chi connectivity index (χ4v) is 1.77. The van der Waals surface area contributed by atoms with Crippen LogP contribution in [0.2, 0.25) is 0 Å². The van der Waals surface area contributed by atoms with Crippen molar-refractivity contribution in [1.82, 2.24) is 4.98 Å². The van der Waals surface area contributed by atoms with Gasteiger partial charge in [-0.25, -0.2) is 4.98 Å². The van der Waals surface area contributed by atoms with Crippen molar-refractivity contribution in [2.75, 3.05) is 0 Å². The Balaban J connectivity index is 2.28. The van der Waals surface area contributed by atoms with Gasteiger partial charge in [0.25, 0.3) is 0 Å². The van der Waals surface area contributed by atoms with Crippen LogP contribution >= 0.6 is 0 Å². The summed E-state index contributed by atoms with van der Waals surface area (Å²) in [7, 11) is 0. The topological polar surface area (TPSA) is 82.3 Å². The second kappa shape index (κ2) is 6.13. The zero-order chi connectivity index (χ0) is 15.4. The maximum absolute atomic E-state index is 11.5. The lowest BCUT2D eigenvalue weighted by molar-refractivity contribution is -0.385. The molecule has 1 aromatic heterocycles. The first-order valence-corrected chi connectivity index (χ1v) is 6.43. The molecule has 108 valence electrons. The summed E-state index contributed by atoms with van der Waals surface area (Å²) in [6.45, 7) is 3.57. The van der Waals surface area contributed by atoms with Crippen molar-refractivity contribution in [3.63, 3.8) is 0 Å². The van der Waals surface area contributed by atoms with Crippen molar-refractivity contribution in [3.8, 4) is 11.5 Å². The first-order valence-electron chi connectivity index (χ1n) is 6.43. The lowest BCUT2D eigenvalue weighted by Crippen LogP contribution is -2.00. The molecule has 2 aromatic rings. The van der Waals surface area contributed by atoms with Gasteiger partial charge in [-0.3, -0.25) is 14.9 Å². The number of aryl methyl sites for hydroxylation is 1. The summed E-state index contributed by atoms with van der Waals surface area (Å²) in [6, 6.07) is 7.74. The van der Waals surface area contributed by atoms with Gasteiger partial charge in [0, 0.05) is 12.5 Å². The molecule has 2 rings (SSSR count). The Hall–Kier alpha value is -2.76. The molecule has 6 heteroatoms. The lowest BCUT2D eigenvalue weighted by atomic mass is 10.2. The highest BCUT2D eigenvalue weighted by molar-refractivity contribution is 5.93. The average Bonchev–Trinajstić information content (AvgIpc) is 2.47. The second-order valence-electron chi connectivity index (χ2n) is 4.49. The Morgan fingerprint density at radius 2 is 2.10 bits per heavy atom. The Kier molecular flexibility index (Phi) is 4.27. The van der Waals surface area contributed by atoms with Crippen molar-refractivity contribution >= 4 is 11.5 Å². The normalized spacial score (nSPS) is 10.2. The van der Waals surface area contributed by atoms with E-state index in [1.54, 1.807) is 31.2 Å². The molecule has 0 spiro atoms. The number of carbonyl (C=O) groups is 1. The van der Waals surface area contributed by atoms with Crippen LogP contribution in [0.4, 0.5) is 5.69 Å². The van der Waals surface area contributed by atoms with Gasteiger partial charge in [-0.05, 0) is 30.7 Å². The standard InChI is InChI=1S/C15H14N2O4/c1-3-14(18)12-6-5-11(9-16-12)21-15-8-10(2)4-7-13(15)17(19)20/h4-9H,3H2,1-2H3. The van der Waals surface area contributed by atoms with Gasteiger partial charge in [-0.2, -0.15) is 0 Å². The van der Waals surface area contributed by atoms with Gasteiger partial charge in [0.2, 0.25) is 5.75 Å². The second-order valence-corrected chi connectivity index (χ2v) is 4.49. The van der Waals surface area contributed by atoms with E-state index in [1.807, 2.05) is 6.92 Å². The first-order chi connectivity index (χ1) is 10.0. The van der Waals surface area contributed by atoms with Gasteiger partial charge in [0.05, 0.1) is 11.1 Å². The van der Waals surface area contributed by atoms with E-state index in [4.69, 9.17) is 4.74 Å². The molecule has 0 atom stereocenters. The van der Waals surface area contributed by atoms with Gasteiger partial charge in [0.15, 0.2) is 5.78 Å². The monoisotopic (exact) mass is 286 g/mol. The molecule has 1 heterocycles. The minimum Gasteiger partial charge on any atom is -0.448 e. The highest BCUT2D eigenvalue weighted by atomic mass is 16.6. The van der Waals surface area contributed by atoms with Crippen molar-refractivity contribution in [2.24, 2.45) is 0 Å². The Morgan fingerprint density at radius 1 is 1.33 bits per heavy atom. The molecule has 6 nitrogen and oxygen atoms in total. The van der Waals surface area contributed by atoms with Crippen LogP contribution in [0.25, 0.3) is 0 Å². The fraction of sp³-hybridized carbons (Fsp3) is 0.200. The van der Waals surface area contributed by atoms with Crippen LogP contribution in [0.1, 0.15) is 29.4 Å². The van der Waals surface area contributed by atoms with Crippen LogP contribution in [0.3, 0.4) is 0 Å². The van der Waals surface area contributed by atoms with E-state index in [2.05, 4.69) is 4.98 Å². The molecule has 0 unspecified atom stereocenters. The summed E-state index contributed by atoms with van der Waals surface area (Å²) in [6.07, 6.45) is 1.76. The molecule has 0 fully saturated rings. The van der Waals surface area contributed by atoms with Gasteiger partial charge < -0.3 is 4.74 Å². The number of Topliss-reactive ketones (excluding diaryl/α,β-unsaturated/α-hetero) is 1. The molecule has 0 amide bonds. The SMILES string of the molecule is CCC(=O)c1ccc(Oc2cc(C)ccc2[N+](=O)[O-])cn1. The van der Waals surface area contributed by atoms with Crippen LogP contribution < -0.4 is 4.74 Å². The highest BCUT2D eigenvalue weighted by Gasteiger charge is 2.16. The summed E-state index contributed by atoms with van der Waals surface area (Å²) in [5, 5.41) is 11.0. The molecule has 0 aliphatic rings. The quantitative estimate of drug-likeness (QED) is 0.475. The van der Waals surface area contributed by atoms with Crippen molar-refractivity contribution < 1.29 is 14.5 Å². The van der Waals surface area contributed by atoms with E-state index in [1.165, 1.54) is 12.3 Å². The molecule has 0 aliphatic carbocycles. The van der Waals surface area contributed by atoms with Crippen molar-refractivity contribution in [1.29, 1.82) is 0 Å². The third kappa shape index (κ3) is 3.42. The number of ketones is 1. The maximum atomic E-state index is 11.5. The van der Waals surface area contributed by atoms with Crippen molar-refractivity contribution in [3.05, 3.63) is 57.9 Å². The van der Waals surface area contributed by atoms with Crippen LogP contribution in [0, 0.1) is 17.0 Å². The lowest BCUT2D eigenvalue weighted by Gasteiger charge is -2.07. The molecule has 0 N–H and O–H groups in total. The van der Waals surface area contributed by atoms with Crippen molar-refractivity contribution in [2.45, 2.75) is 20.3 Å². The predicted octanol–water partition coefficient (Wildman–Crippen LogP) is 3.68. The van der Waals surface area contributed by atoms with E-state index in [0.717, 1.165) is 5.56 Å². The number of hydrogen-bond acceptors (Lipinski definition) is 5. The molecular weight excluding hydrogens is 272 g/mol. The number of benzene rings is 1. The van der Waals surface area contributed by atoms with Gasteiger partial charge in [0.1, 0.15) is 11.4 Å². The summed E-state index contributed by atoms with van der Waals surface area (Å²) >= 11 is 0. The third-order valence-corrected chi connectivity index (χ3v) is 2.88. The molecule has 0 saturated carbocycles. The number of rotatable bonds is 5. The van der Waals surface area contributed by atoms with Crippen LogP contribution in [0.5, 0.6) is 11.5 Å². The summed E-state index contributed by atoms with van der Waals surface area (Å²) in [5.74, 6) is 0.427. The van der Waals surface area contributed by atoms with E-state index < -0.39 is 4.92 Å². The van der Waals surface area contributed by atoms with E-state index in [-0.39, 0.29) is 17.2 Å². The van der Waals surface area contributed by atoms with E-state index >= 15 is 0 Å². The number of hydrogen-bond donors (Lipinski definition) is 0. The number of carbonyl (C=O) groups excluding carboxylic acids is 1. The summed E-state index contributed by atoms with van der Waals surface area (Å²) < 4.78 is 5.50. The molecule has 0 aliphatic heterocycles. The van der Waals surface area contributed by atoms with Gasteiger partial charge in [-0.1, -0.05) is 13.0 Å². The number of ether oxygens (including phenoxy) is 1. The van der Waals surface area contributed by atoms with Gasteiger partial charge in [-0.15, -0.1) is 0 Å². The number of aromatic nitrogens is 1. The zero-order valence-electron chi connectivity index (χ0n) is 11.7. The number of pyridine rings is 1. The Labute approximate surface area is 121 Å². The smallest absolute Gasteiger partial charge is 0.311 e. The Bertz CT molecular complexity index is 681. The summed E-state index contributed by atoms with van der Waals surface area (Å²) in [4.78, 5) is 25.9. The number of nitrogens with zero attached hydrogens (tertiary/aromatic N) is 2. The molecule has 21 heavy (non-hydrogen) atoms. The molecule has 0 bridgehead atoms. The predicted molar refractivity (Wildman–Crippen MR) is 76.8 cm³/mol. The highest BCUT2D eigenvalue weighted by Crippen LogP contribution is 2.31. The number of nitro benzene ring substituents is 1.